The minimum absolute atomic E-state index is 0.0586. The van der Waals surface area contributed by atoms with Crippen molar-refractivity contribution < 1.29 is 28.9 Å². The molecule has 0 spiro atoms. The van der Waals surface area contributed by atoms with E-state index < -0.39 is 17.7 Å². The van der Waals surface area contributed by atoms with E-state index in [0.29, 0.717) is 23.5 Å². The van der Waals surface area contributed by atoms with Gasteiger partial charge in [0.1, 0.15) is 23.4 Å². The summed E-state index contributed by atoms with van der Waals surface area (Å²) in [6, 6.07) is 11.8. The molecular formula is C25H27NO6. The molecule has 0 saturated carbocycles. The molecular weight excluding hydrogens is 410 g/mol. The highest BCUT2D eigenvalue weighted by Gasteiger charge is 2.46. The van der Waals surface area contributed by atoms with E-state index in [1.54, 1.807) is 18.2 Å². The number of fused-ring (bicyclic) bond motifs is 1. The van der Waals surface area contributed by atoms with Crippen LogP contribution in [0.3, 0.4) is 0 Å². The third-order valence-electron chi connectivity index (χ3n) is 5.73. The number of ketones is 1. The minimum Gasteiger partial charge on any atom is -0.507 e. The third-order valence-corrected chi connectivity index (χ3v) is 5.73. The fourth-order valence-corrected chi connectivity index (χ4v) is 4.31. The van der Waals surface area contributed by atoms with E-state index in [0.717, 1.165) is 17.7 Å². The number of nitrogens with zero attached hydrogens (tertiary/aromatic N) is 1. The number of likely N-dealkylation sites (tertiary alicyclic amines) is 1. The van der Waals surface area contributed by atoms with Crippen molar-refractivity contribution in [3.63, 3.8) is 0 Å². The van der Waals surface area contributed by atoms with Crippen LogP contribution in [0.25, 0.3) is 5.76 Å². The van der Waals surface area contributed by atoms with E-state index in [9.17, 15) is 14.7 Å². The van der Waals surface area contributed by atoms with Gasteiger partial charge in [-0.3, -0.25) is 9.59 Å². The standard InChI is InChI=1S/C25H27NO6/c1-4-31-19-7-5-6-16(14-19)22-21(24(28)25(29)26(22)10-11-30-3)23(27)17-8-9-20-18(13-17)12-15(2)32-20/h5-9,13-15,22,27H,4,10-12H2,1-3H3. The van der Waals surface area contributed by atoms with Crippen molar-refractivity contribution >= 4 is 17.4 Å². The lowest BCUT2D eigenvalue weighted by Gasteiger charge is -2.25. The average molecular weight is 437 g/mol. The fourth-order valence-electron chi connectivity index (χ4n) is 4.31. The van der Waals surface area contributed by atoms with Gasteiger partial charge >= 0.3 is 0 Å². The highest BCUT2D eigenvalue weighted by atomic mass is 16.5. The number of carbonyl (C=O) groups is 2. The van der Waals surface area contributed by atoms with Gasteiger partial charge in [-0.25, -0.2) is 0 Å². The number of methoxy groups -OCH3 is 1. The molecule has 1 N–H and O–H groups in total. The van der Waals surface area contributed by atoms with Gasteiger partial charge < -0.3 is 24.2 Å². The predicted molar refractivity (Wildman–Crippen MR) is 119 cm³/mol. The maximum atomic E-state index is 13.1. The number of Topliss-reactive ketones (excluding diaryl/α,β-unsaturated/α-hetero) is 1. The molecule has 7 nitrogen and oxygen atoms in total. The van der Waals surface area contributed by atoms with Gasteiger partial charge in [-0.05, 0) is 55.3 Å². The Labute approximate surface area is 187 Å². The second kappa shape index (κ2) is 9.04. The summed E-state index contributed by atoms with van der Waals surface area (Å²) in [7, 11) is 1.54. The average Bonchev–Trinajstić information content (AvgIpc) is 3.28. The second-order valence-corrected chi connectivity index (χ2v) is 7.95. The van der Waals surface area contributed by atoms with Crippen LogP contribution in [0.1, 0.15) is 36.6 Å². The molecule has 0 aliphatic carbocycles. The van der Waals surface area contributed by atoms with Crippen LogP contribution in [-0.4, -0.2) is 54.7 Å². The molecule has 2 unspecified atom stereocenters. The van der Waals surface area contributed by atoms with Crippen LogP contribution in [0.15, 0.2) is 48.0 Å². The van der Waals surface area contributed by atoms with Gasteiger partial charge in [0.05, 0.1) is 24.8 Å². The van der Waals surface area contributed by atoms with Crippen molar-refractivity contribution in [3.05, 3.63) is 64.7 Å². The molecule has 7 heteroatoms. The number of hydrogen-bond acceptors (Lipinski definition) is 6. The highest BCUT2D eigenvalue weighted by molar-refractivity contribution is 6.46. The molecule has 4 rings (SSSR count). The number of benzene rings is 2. The van der Waals surface area contributed by atoms with E-state index in [-0.39, 0.29) is 30.6 Å². The van der Waals surface area contributed by atoms with Crippen LogP contribution in [0.4, 0.5) is 0 Å². The predicted octanol–water partition coefficient (Wildman–Crippen LogP) is 3.48. The first-order chi connectivity index (χ1) is 15.4. The summed E-state index contributed by atoms with van der Waals surface area (Å²) in [5, 5.41) is 11.2. The van der Waals surface area contributed by atoms with Crippen molar-refractivity contribution in [2.24, 2.45) is 0 Å². The zero-order valence-corrected chi connectivity index (χ0v) is 18.5. The summed E-state index contributed by atoms with van der Waals surface area (Å²) in [4.78, 5) is 27.4. The molecule has 2 aliphatic heterocycles. The first-order valence-electron chi connectivity index (χ1n) is 10.7. The zero-order chi connectivity index (χ0) is 22.8. The molecule has 2 aliphatic rings. The van der Waals surface area contributed by atoms with E-state index in [2.05, 4.69) is 0 Å². The quantitative estimate of drug-likeness (QED) is 0.406. The molecule has 2 aromatic carbocycles. The summed E-state index contributed by atoms with van der Waals surface area (Å²) in [5.74, 6) is -0.164. The Bertz CT molecular complexity index is 1080. The Balaban J connectivity index is 1.82. The Hall–Kier alpha value is -3.32. The molecule has 1 saturated heterocycles. The van der Waals surface area contributed by atoms with Crippen molar-refractivity contribution in [2.75, 3.05) is 26.9 Å². The van der Waals surface area contributed by atoms with Crippen LogP contribution in [-0.2, 0) is 20.7 Å². The smallest absolute Gasteiger partial charge is 0.295 e. The lowest BCUT2D eigenvalue weighted by Crippen LogP contribution is -2.32. The number of carbonyl (C=O) groups excluding carboxylic acids is 2. The number of ether oxygens (including phenoxy) is 3. The van der Waals surface area contributed by atoms with E-state index in [4.69, 9.17) is 14.2 Å². The Kier molecular flexibility index (Phi) is 6.19. The third kappa shape index (κ3) is 3.96. The fraction of sp³-hybridized carbons (Fsp3) is 0.360. The Morgan fingerprint density at radius 2 is 2.03 bits per heavy atom. The highest BCUT2D eigenvalue weighted by Crippen LogP contribution is 2.41. The van der Waals surface area contributed by atoms with E-state index in [1.165, 1.54) is 12.0 Å². The van der Waals surface area contributed by atoms with Crippen LogP contribution in [0, 0.1) is 0 Å². The number of hydrogen-bond donors (Lipinski definition) is 1. The minimum atomic E-state index is -0.742. The number of aliphatic hydroxyl groups is 1. The molecule has 0 radical (unpaired) electrons. The van der Waals surface area contributed by atoms with Crippen molar-refractivity contribution in [3.8, 4) is 11.5 Å². The maximum absolute atomic E-state index is 13.1. The molecule has 1 amide bonds. The van der Waals surface area contributed by atoms with E-state index >= 15 is 0 Å². The molecule has 2 heterocycles. The Morgan fingerprint density at radius 1 is 1.22 bits per heavy atom. The van der Waals surface area contributed by atoms with Gasteiger partial charge in [0.15, 0.2) is 0 Å². The first kappa shape index (κ1) is 21.9. The lowest BCUT2D eigenvalue weighted by atomic mass is 9.94. The van der Waals surface area contributed by atoms with Gasteiger partial charge in [-0.1, -0.05) is 12.1 Å². The van der Waals surface area contributed by atoms with Gasteiger partial charge in [-0.15, -0.1) is 0 Å². The number of aliphatic hydroxyl groups excluding tert-OH is 1. The van der Waals surface area contributed by atoms with Gasteiger partial charge in [0, 0.05) is 25.6 Å². The summed E-state index contributed by atoms with van der Waals surface area (Å²) in [6.45, 7) is 4.84. The van der Waals surface area contributed by atoms with Crippen molar-refractivity contribution in [1.82, 2.24) is 4.90 Å². The second-order valence-electron chi connectivity index (χ2n) is 7.95. The van der Waals surface area contributed by atoms with Crippen LogP contribution in [0.2, 0.25) is 0 Å². The number of amides is 1. The normalized spacial score (nSPS) is 21.5. The van der Waals surface area contributed by atoms with Gasteiger partial charge in [-0.2, -0.15) is 0 Å². The van der Waals surface area contributed by atoms with Gasteiger partial charge in [0.25, 0.3) is 11.7 Å². The van der Waals surface area contributed by atoms with Gasteiger partial charge in [0.2, 0.25) is 0 Å². The molecule has 0 bridgehead atoms. The molecule has 1 fully saturated rings. The van der Waals surface area contributed by atoms with Crippen LogP contribution in [0.5, 0.6) is 11.5 Å². The number of rotatable bonds is 7. The summed E-state index contributed by atoms with van der Waals surface area (Å²) in [5.41, 5.74) is 2.19. The lowest BCUT2D eigenvalue weighted by molar-refractivity contribution is -0.140. The first-order valence-corrected chi connectivity index (χ1v) is 10.7. The topological polar surface area (TPSA) is 85.3 Å². The molecule has 32 heavy (non-hydrogen) atoms. The summed E-state index contributed by atoms with van der Waals surface area (Å²) >= 11 is 0. The van der Waals surface area contributed by atoms with E-state index in [1.807, 2.05) is 38.1 Å². The zero-order valence-electron chi connectivity index (χ0n) is 18.5. The molecule has 2 aromatic rings. The molecule has 0 aromatic heterocycles. The Morgan fingerprint density at radius 3 is 2.78 bits per heavy atom. The molecule has 2 atom stereocenters. The SMILES string of the molecule is CCOc1cccc(C2C(=C(O)c3ccc4c(c3)CC(C)O4)C(=O)C(=O)N2CCOC)c1. The summed E-state index contributed by atoms with van der Waals surface area (Å²) < 4.78 is 16.5. The largest absolute Gasteiger partial charge is 0.507 e. The molecule has 168 valence electrons. The monoisotopic (exact) mass is 437 g/mol. The summed E-state index contributed by atoms with van der Waals surface area (Å²) in [6.07, 6.45) is 0.779. The van der Waals surface area contributed by atoms with Crippen LogP contribution >= 0.6 is 0 Å². The van der Waals surface area contributed by atoms with Crippen molar-refractivity contribution in [1.29, 1.82) is 0 Å². The van der Waals surface area contributed by atoms with Crippen LogP contribution < -0.4 is 9.47 Å². The maximum Gasteiger partial charge on any atom is 0.295 e. The van der Waals surface area contributed by atoms with Crippen molar-refractivity contribution in [2.45, 2.75) is 32.4 Å².